The van der Waals surface area contributed by atoms with Crippen LogP contribution < -0.4 is 0 Å². The zero-order valence-electron chi connectivity index (χ0n) is 21.2. The van der Waals surface area contributed by atoms with Crippen molar-refractivity contribution in [3.05, 3.63) is 68.4 Å². The molecule has 1 aliphatic rings. The Morgan fingerprint density at radius 1 is 1.25 bits per heavy atom. The summed E-state index contributed by atoms with van der Waals surface area (Å²) in [4.78, 5) is 14.1. The number of esters is 1. The van der Waals surface area contributed by atoms with E-state index >= 15 is 0 Å². The predicted molar refractivity (Wildman–Crippen MR) is 141 cm³/mol. The van der Waals surface area contributed by atoms with Crippen LogP contribution in [0.25, 0.3) is 0 Å². The summed E-state index contributed by atoms with van der Waals surface area (Å²) in [6.07, 6.45) is 2.51. The lowest BCUT2D eigenvalue weighted by molar-refractivity contribution is -0.143. The molecule has 198 valence electrons. The smallest absolute Gasteiger partial charge is 0.306 e. The van der Waals surface area contributed by atoms with Gasteiger partial charge in [-0.25, -0.2) is 4.39 Å². The number of carbonyl (C=O) groups is 1. The second kappa shape index (κ2) is 13.7. The molecule has 3 rings (SSSR count). The number of benzene rings is 2. The quantitative estimate of drug-likeness (QED) is 0.331. The molecule has 1 fully saturated rings. The van der Waals surface area contributed by atoms with E-state index in [4.69, 9.17) is 32.7 Å². The maximum Gasteiger partial charge on any atom is 0.306 e. The number of β-amino-alcohol motifs (C(OH)–C–C–N with tert-alkyl or cyclic N) is 1. The van der Waals surface area contributed by atoms with Gasteiger partial charge in [-0.3, -0.25) is 9.69 Å². The Balaban J connectivity index is 1.56. The first kappa shape index (κ1) is 28.9. The van der Waals surface area contributed by atoms with Crippen molar-refractivity contribution in [2.75, 3.05) is 26.3 Å². The predicted octanol–water partition coefficient (Wildman–Crippen LogP) is 6.08. The van der Waals surface area contributed by atoms with Crippen LogP contribution >= 0.6 is 23.2 Å². The van der Waals surface area contributed by atoms with Gasteiger partial charge in [0.1, 0.15) is 5.82 Å². The topological polar surface area (TPSA) is 59.0 Å². The van der Waals surface area contributed by atoms with Crippen molar-refractivity contribution in [3.63, 3.8) is 0 Å². The van der Waals surface area contributed by atoms with Crippen LogP contribution in [0.15, 0.2) is 30.3 Å². The van der Waals surface area contributed by atoms with Crippen LogP contribution in [0.2, 0.25) is 10.0 Å². The first-order valence-corrected chi connectivity index (χ1v) is 13.4. The summed E-state index contributed by atoms with van der Waals surface area (Å²) < 4.78 is 25.4. The number of hydrogen-bond acceptors (Lipinski definition) is 5. The van der Waals surface area contributed by atoms with Gasteiger partial charge in [0.25, 0.3) is 0 Å². The molecule has 0 amide bonds. The van der Waals surface area contributed by atoms with Crippen molar-refractivity contribution < 1.29 is 23.8 Å². The zero-order chi connectivity index (χ0) is 26.2. The fraction of sp³-hybridized carbons (Fsp3) is 0.536. The second-order valence-corrected chi connectivity index (χ2v) is 10.3. The van der Waals surface area contributed by atoms with Crippen LogP contribution in [0.5, 0.6) is 0 Å². The Morgan fingerprint density at radius 2 is 2.03 bits per heavy atom. The van der Waals surface area contributed by atoms with Crippen LogP contribution in [-0.2, 0) is 27.1 Å². The molecule has 8 heteroatoms. The normalized spacial score (nSPS) is 17.8. The molecule has 1 aliphatic heterocycles. The number of halogens is 3. The van der Waals surface area contributed by atoms with E-state index in [1.54, 1.807) is 19.9 Å². The Bertz CT molecular complexity index is 1030. The molecule has 1 unspecified atom stereocenters. The summed E-state index contributed by atoms with van der Waals surface area (Å²) in [6, 6.07) is 9.26. The van der Waals surface area contributed by atoms with Gasteiger partial charge >= 0.3 is 5.97 Å². The highest BCUT2D eigenvalue weighted by atomic mass is 35.5. The minimum Gasteiger partial charge on any atom is -0.466 e. The van der Waals surface area contributed by atoms with Gasteiger partial charge in [-0.2, -0.15) is 0 Å². The van der Waals surface area contributed by atoms with Crippen LogP contribution in [0, 0.1) is 12.7 Å². The Hall–Kier alpha value is -1.70. The third kappa shape index (κ3) is 8.15. The number of aliphatic hydroxyl groups excluding tert-OH is 1. The number of aryl methyl sites for hydroxylation is 2. The highest BCUT2D eigenvalue weighted by Crippen LogP contribution is 2.28. The minimum absolute atomic E-state index is 0.129. The number of aliphatic hydroxyl groups is 1. The van der Waals surface area contributed by atoms with Crippen LogP contribution in [0.4, 0.5) is 4.39 Å². The van der Waals surface area contributed by atoms with Crippen LogP contribution in [0.1, 0.15) is 61.5 Å². The molecule has 5 nitrogen and oxygen atoms in total. The molecule has 0 aromatic heterocycles. The number of carbonyl (C=O) groups excluding carboxylic acids is 1. The summed E-state index contributed by atoms with van der Waals surface area (Å²) in [5.41, 5.74) is 3.18. The monoisotopic (exact) mass is 539 g/mol. The SMILES string of the molecule is CCOC(=O)CCc1cc(C)c(F)cc1[C@@H](C)OCC(O)CN1CCC[C@H]1Cc1ccc(Cl)c(Cl)c1. The van der Waals surface area contributed by atoms with Gasteiger partial charge in [0.15, 0.2) is 0 Å². The number of nitrogens with zero attached hydrogens (tertiary/aromatic N) is 1. The summed E-state index contributed by atoms with van der Waals surface area (Å²) >= 11 is 12.2. The highest BCUT2D eigenvalue weighted by molar-refractivity contribution is 6.42. The fourth-order valence-corrected chi connectivity index (χ4v) is 5.12. The van der Waals surface area contributed by atoms with Crippen LogP contribution in [0.3, 0.4) is 0 Å². The molecular weight excluding hydrogens is 504 g/mol. The molecule has 0 saturated carbocycles. The van der Waals surface area contributed by atoms with E-state index in [1.807, 2.05) is 25.1 Å². The number of hydrogen-bond donors (Lipinski definition) is 1. The summed E-state index contributed by atoms with van der Waals surface area (Å²) in [6.45, 7) is 7.18. The second-order valence-electron chi connectivity index (χ2n) is 9.48. The number of likely N-dealkylation sites (tertiary alicyclic amines) is 1. The maximum atomic E-state index is 14.4. The number of rotatable bonds is 12. The van der Waals surface area contributed by atoms with Crippen molar-refractivity contribution in [3.8, 4) is 0 Å². The van der Waals surface area contributed by atoms with Gasteiger partial charge in [0.05, 0.1) is 35.5 Å². The first-order valence-electron chi connectivity index (χ1n) is 12.6. The van der Waals surface area contributed by atoms with Gasteiger partial charge in [0, 0.05) is 19.0 Å². The molecule has 1 N–H and O–H groups in total. The minimum atomic E-state index is -0.680. The Labute approximate surface area is 223 Å². The van der Waals surface area contributed by atoms with E-state index in [-0.39, 0.29) is 24.8 Å². The van der Waals surface area contributed by atoms with E-state index in [1.165, 1.54) is 6.07 Å². The largest absolute Gasteiger partial charge is 0.466 e. The lowest BCUT2D eigenvalue weighted by atomic mass is 9.96. The molecule has 0 aliphatic carbocycles. The molecule has 0 radical (unpaired) electrons. The molecule has 0 spiro atoms. The van der Waals surface area contributed by atoms with Gasteiger partial charge < -0.3 is 14.6 Å². The number of ether oxygens (including phenoxy) is 2. The molecule has 1 heterocycles. The van der Waals surface area contributed by atoms with Crippen molar-refractivity contribution >= 4 is 29.2 Å². The fourth-order valence-electron chi connectivity index (χ4n) is 4.80. The molecule has 2 aromatic carbocycles. The van der Waals surface area contributed by atoms with E-state index in [9.17, 15) is 14.3 Å². The van der Waals surface area contributed by atoms with Gasteiger partial charge in [-0.1, -0.05) is 35.3 Å². The molecule has 0 bridgehead atoms. The molecule has 1 saturated heterocycles. The van der Waals surface area contributed by atoms with E-state index in [2.05, 4.69) is 4.90 Å². The summed E-state index contributed by atoms with van der Waals surface area (Å²) in [5, 5.41) is 11.8. The average molecular weight is 541 g/mol. The first-order chi connectivity index (χ1) is 17.2. The average Bonchev–Trinajstić information content (AvgIpc) is 3.26. The summed E-state index contributed by atoms with van der Waals surface area (Å²) in [7, 11) is 0. The van der Waals surface area contributed by atoms with E-state index in [0.717, 1.165) is 36.9 Å². The van der Waals surface area contributed by atoms with Crippen molar-refractivity contribution in [2.45, 2.75) is 71.1 Å². The van der Waals surface area contributed by atoms with Gasteiger partial charge in [0.2, 0.25) is 0 Å². The standard InChI is InChI=1S/C28H36Cl2FNO4/c1-4-35-28(34)10-8-21-12-18(2)27(31)15-24(21)19(3)36-17-23(33)16-32-11-5-6-22(32)13-20-7-9-25(29)26(30)14-20/h7,9,12,14-15,19,22-23,33H,4-6,8,10-11,13,16-17H2,1-3H3/t19-,22+,23?/m1/s1. The van der Waals surface area contributed by atoms with Gasteiger partial charge in [-0.15, -0.1) is 0 Å². The lowest BCUT2D eigenvalue weighted by Gasteiger charge is -2.28. The lowest BCUT2D eigenvalue weighted by Crippen LogP contribution is -2.39. The van der Waals surface area contributed by atoms with Crippen LogP contribution in [-0.4, -0.2) is 54.4 Å². The molecule has 36 heavy (non-hydrogen) atoms. The van der Waals surface area contributed by atoms with Crippen molar-refractivity contribution in [1.82, 2.24) is 4.90 Å². The van der Waals surface area contributed by atoms with E-state index in [0.29, 0.717) is 46.8 Å². The molecule has 2 aromatic rings. The van der Waals surface area contributed by atoms with Crippen molar-refractivity contribution in [2.24, 2.45) is 0 Å². The summed E-state index contributed by atoms with van der Waals surface area (Å²) in [5.74, 6) is -0.599. The van der Waals surface area contributed by atoms with E-state index < -0.39 is 12.2 Å². The molecule has 3 atom stereocenters. The Morgan fingerprint density at radius 3 is 2.75 bits per heavy atom. The maximum absolute atomic E-state index is 14.4. The molecular formula is C28H36Cl2FNO4. The van der Waals surface area contributed by atoms with Gasteiger partial charge in [-0.05, 0) is 93.5 Å². The zero-order valence-corrected chi connectivity index (χ0v) is 22.7. The third-order valence-corrected chi connectivity index (χ3v) is 7.44. The van der Waals surface area contributed by atoms with Crippen molar-refractivity contribution in [1.29, 1.82) is 0 Å². The third-order valence-electron chi connectivity index (χ3n) is 6.70. The Kier molecular flexibility index (Phi) is 11.0. The highest BCUT2D eigenvalue weighted by Gasteiger charge is 2.27.